The van der Waals surface area contributed by atoms with Crippen molar-refractivity contribution >= 4 is 39.5 Å². The van der Waals surface area contributed by atoms with E-state index >= 15 is 0 Å². The van der Waals surface area contributed by atoms with Crippen molar-refractivity contribution in [2.75, 3.05) is 39.6 Å². The van der Waals surface area contributed by atoms with Gasteiger partial charge in [0.15, 0.2) is 12.2 Å². The van der Waals surface area contributed by atoms with Crippen LogP contribution < -0.4 is 0 Å². The van der Waals surface area contributed by atoms with Crippen LogP contribution in [0.25, 0.3) is 0 Å². The lowest BCUT2D eigenvalue weighted by Gasteiger charge is -2.21. The zero-order valence-corrected chi connectivity index (χ0v) is 64.8. The summed E-state index contributed by atoms with van der Waals surface area (Å²) in [4.78, 5) is 72.8. The van der Waals surface area contributed by atoms with E-state index in [2.05, 4.69) is 55.4 Å². The number of aliphatic hydroxyl groups is 1. The van der Waals surface area contributed by atoms with Crippen LogP contribution in [0.3, 0.4) is 0 Å². The lowest BCUT2D eigenvalue weighted by atomic mass is 9.99. The molecular formula is C77H150O17P2. The second-order valence-electron chi connectivity index (χ2n) is 28.7. The molecule has 96 heavy (non-hydrogen) atoms. The number of carbonyl (C=O) groups is 4. The van der Waals surface area contributed by atoms with Gasteiger partial charge >= 0.3 is 39.5 Å². The van der Waals surface area contributed by atoms with E-state index in [0.29, 0.717) is 25.7 Å². The van der Waals surface area contributed by atoms with Crippen molar-refractivity contribution in [1.82, 2.24) is 0 Å². The van der Waals surface area contributed by atoms with E-state index in [9.17, 15) is 43.2 Å². The summed E-state index contributed by atoms with van der Waals surface area (Å²) in [6, 6.07) is 0. The van der Waals surface area contributed by atoms with Crippen LogP contribution in [0.1, 0.15) is 389 Å². The van der Waals surface area contributed by atoms with Crippen LogP contribution in [-0.4, -0.2) is 96.7 Å². The van der Waals surface area contributed by atoms with Gasteiger partial charge < -0.3 is 33.8 Å². The number of esters is 4. The second kappa shape index (κ2) is 66.3. The number of unbranched alkanes of at least 4 members (excludes halogenated alkanes) is 36. The van der Waals surface area contributed by atoms with Crippen molar-refractivity contribution in [3.8, 4) is 0 Å². The van der Waals surface area contributed by atoms with Crippen LogP contribution in [0.5, 0.6) is 0 Å². The third-order valence-corrected chi connectivity index (χ3v) is 21.2. The number of phosphoric acid groups is 2. The van der Waals surface area contributed by atoms with Crippen LogP contribution in [0.15, 0.2) is 0 Å². The Morgan fingerprint density at radius 1 is 0.281 bits per heavy atom. The van der Waals surface area contributed by atoms with Gasteiger partial charge in [0, 0.05) is 25.7 Å². The molecule has 0 aromatic rings. The molecule has 0 bridgehead atoms. The molecule has 0 radical (unpaired) electrons. The predicted molar refractivity (Wildman–Crippen MR) is 391 cm³/mol. The Bertz CT molecular complexity index is 1890. The third kappa shape index (κ3) is 65.4. The molecule has 0 amide bonds. The van der Waals surface area contributed by atoms with Crippen molar-refractivity contribution in [2.45, 2.75) is 408 Å². The number of ether oxygens (including phenoxy) is 4. The van der Waals surface area contributed by atoms with Gasteiger partial charge in [-0.05, 0) is 49.4 Å². The first-order chi connectivity index (χ1) is 46.2. The molecule has 17 nitrogen and oxygen atoms in total. The Kier molecular flexibility index (Phi) is 65.0. The molecule has 0 heterocycles. The number of hydrogen-bond acceptors (Lipinski definition) is 15. The summed E-state index contributed by atoms with van der Waals surface area (Å²) in [5, 5.41) is 10.6. The van der Waals surface area contributed by atoms with Crippen molar-refractivity contribution in [3.05, 3.63) is 0 Å². The molecule has 6 unspecified atom stereocenters. The van der Waals surface area contributed by atoms with Gasteiger partial charge in [0.2, 0.25) is 0 Å². The SMILES string of the molecule is CCC(C)CCCCCCCCCCCCCCCCCCCCC(=O)O[C@H](COC(=O)CCCCCCCCC(C)CC)COP(=O)(O)OC[C@H](O)COP(=O)(O)OC[C@@H](COC(=O)CCCCCCCCCCCCC(C)CC)OC(=O)CCCCCCCCC(C)CC. The molecule has 0 saturated heterocycles. The first-order valence-corrected chi connectivity index (χ1v) is 42.8. The molecule has 0 saturated carbocycles. The van der Waals surface area contributed by atoms with Gasteiger partial charge in [0.25, 0.3) is 0 Å². The molecule has 19 heteroatoms. The van der Waals surface area contributed by atoms with Crippen LogP contribution in [-0.2, 0) is 65.4 Å². The molecule has 0 aromatic carbocycles. The van der Waals surface area contributed by atoms with Gasteiger partial charge in [-0.15, -0.1) is 0 Å². The smallest absolute Gasteiger partial charge is 0.462 e. The highest BCUT2D eigenvalue weighted by molar-refractivity contribution is 7.47. The first-order valence-electron chi connectivity index (χ1n) is 39.9. The zero-order valence-electron chi connectivity index (χ0n) is 63.0. The van der Waals surface area contributed by atoms with E-state index in [1.165, 1.54) is 186 Å². The molecular weight excluding hydrogens is 1260 g/mol. The van der Waals surface area contributed by atoms with Crippen molar-refractivity contribution in [1.29, 1.82) is 0 Å². The molecule has 3 N–H and O–H groups in total. The Hall–Kier alpha value is -1.94. The Morgan fingerprint density at radius 2 is 0.469 bits per heavy atom. The van der Waals surface area contributed by atoms with Gasteiger partial charge in [-0.2, -0.15) is 0 Å². The van der Waals surface area contributed by atoms with E-state index < -0.39 is 97.5 Å². The minimum Gasteiger partial charge on any atom is -0.462 e. The molecule has 0 fully saturated rings. The number of carbonyl (C=O) groups excluding carboxylic acids is 4. The van der Waals surface area contributed by atoms with E-state index in [4.69, 9.17) is 37.0 Å². The van der Waals surface area contributed by atoms with Crippen molar-refractivity contribution < 1.29 is 80.2 Å². The summed E-state index contributed by atoms with van der Waals surface area (Å²) in [5.74, 6) is 1.01. The Morgan fingerprint density at radius 3 is 0.688 bits per heavy atom. The Balaban J connectivity index is 5.17. The fourth-order valence-corrected chi connectivity index (χ4v) is 13.2. The minimum atomic E-state index is -4.96. The summed E-state index contributed by atoms with van der Waals surface area (Å²) < 4.78 is 68.5. The first kappa shape index (κ1) is 94.1. The van der Waals surface area contributed by atoms with E-state index in [-0.39, 0.29) is 25.7 Å². The summed E-state index contributed by atoms with van der Waals surface area (Å²) >= 11 is 0. The van der Waals surface area contributed by atoms with Crippen molar-refractivity contribution in [2.24, 2.45) is 23.7 Å². The summed E-state index contributed by atoms with van der Waals surface area (Å²) in [6.07, 6.45) is 51.4. The quantitative estimate of drug-likeness (QED) is 0.0222. The molecule has 0 rings (SSSR count). The Labute approximate surface area is 588 Å². The van der Waals surface area contributed by atoms with E-state index in [0.717, 1.165) is 120 Å². The highest BCUT2D eigenvalue weighted by Gasteiger charge is 2.30. The summed E-state index contributed by atoms with van der Waals surface area (Å²) in [7, 11) is -9.91. The molecule has 0 aromatic heterocycles. The van der Waals surface area contributed by atoms with Gasteiger partial charge in [0.05, 0.1) is 26.4 Å². The fourth-order valence-electron chi connectivity index (χ4n) is 11.6. The van der Waals surface area contributed by atoms with Crippen LogP contribution in [0.4, 0.5) is 0 Å². The topological polar surface area (TPSA) is 237 Å². The molecule has 0 aliphatic carbocycles. The monoisotopic (exact) mass is 1410 g/mol. The zero-order chi connectivity index (χ0) is 71.0. The number of aliphatic hydroxyl groups excluding tert-OH is 1. The maximum absolute atomic E-state index is 13.1. The van der Waals surface area contributed by atoms with E-state index in [1.807, 2.05) is 0 Å². The average Bonchev–Trinajstić information content (AvgIpc) is 1.59. The second-order valence-corrected chi connectivity index (χ2v) is 31.6. The molecule has 570 valence electrons. The van der Waals surface area contributed by atoms with Crippen LogP contribution in [0.2, 0.25) is 0 Å². The molecule has 0 aliphatic heterocycles. The van der Waals surface area contributed by atoms with E-state index in [1.54, 1.807) is 0 Å². The lowest BCUT2D eigenvalue weighted by Crippen LogP contribution is -2.30. The number of hydrogen-bond donors (Lipinski definition) is 3. The lowest BCUT2D eigenvalue weighted by molar-refractivity contribution is -0.161. The number of phosphoric ester groups is 2. The number of rotatable bonds is 74. The fraction of sp³-hybridized carbons (Fsp3) is 0.948. The maximum Gasteiger partial charge on any atom is 0.472 e. The molecule has 0 aliphatic rings. The normalized spacial score (nSPS) is 15.2. The highest BCUT2D eigenvalue weighted by Crippen LogP contribution is 2.45. The van der Waals surface area contributed by atoms with Gasteiger partial charge in [-0.25, -0.2) is 9.13 Å². The largest absolute Gasteiger partial charge is 0.472 e. The standard InChI is InChI=1S/C77H150O17P2/c1-9-67(5)53-45-37-29-25-21-19-17-15-13-14-16-18-20-22-28-32-43-51-59-76(81)93-72(64-88-75(80)58-50-42-35-33-39-47-55-69(7)11-3)65-91-95(83,84)89-61-71(78)62-90-96(85,86)92-66-73(94-77(82)60-52-44-36-34-40-48-56-70(8)12-4)63-87-74(79)57-49-41-31-27-24-23-26-30-38-46-54-68(6)10-2/h67-73,78H,9-66H2,1-8H3,(H,83,84)(H,85,86)/t67?,68?,69?,70?,71-,72+,73+/m0/s1. The third-order valence-electron chi connectivity index (χ3n) is 19.3. The molecule has 9 atom stereocenters. The predicted octanol–water partition coefficient (Wildman–Crippen LogP) is 22.4. The minimum absolute atomic E-state index is 0.102. The molecule has 0 spiro atoms. The summed E-state index contributed by atoms with van der Waals surface area (Å²) in [6.45, 7) is 14.2. The summed E-state index contributed by atoms with van der Waals surface area (Å²) in [5.41, 5.74) is 0. The maximum atomic E-state index is 13.1. The average molecular weight is 1410 g/mol. The van der Waals surface area contributed by atoms with Gasteiger partial charge in [-0.1, -0.05) is 338 Å². The van der Waals surface area contributed by atoms with Crippen molar-refractivity contribution in [3.63, 3.8) is 0 Å². The van der Waals surface area contributed by atoms with Crippen LogP contribution in [0, 0.1) is 23.7 Å². The van der Waals surface area contributed by atoms with Gasteiger partial charge in [0.1, 0.15) is 19.3 Å². The van der Waals surface area contributed by atoms with Gasteiger partial charge in [-0.3, -0.25) is 37.3 Å². The highest BCUT2D eigenvalue weighted by atomic mass is 31.2. The van der Waals surface area contributed by atoms with Crippen LogP contribution >= 0.6 is 15.6 Å².